The molecule has 0 saturated heterocycles. The second-order valence-corrected chi connectivity index (χ2v) is 3.99. The van der Waals surface area contributed by atoms with Crippen molar-refractivity contribution in [3.63, 3.8) is 0 Å². The Kier molecular flexibility index (Phi) is 5.28. The predicted molar refractivity (Wildman–Crippen MR) is 59.7 cm³/mol. The highest BCUT2D eigenvalue weighted by Crippen LogP contribution is 2.24. The highest BCUT2D eigenvalue weighted by molar-refractivity contribution is 8.00. The van der Waals surface area contributed by atoms with Gasteiger partial charge in [-0.2, -0.15) is 0 Å². The molecule has 0 aliphatic heterocycles. The highest BCUT2D eigenvalue weighted by Gasteiger charge is 2.10. The summed E-state index contributed by atoms with van der Waals surface area (Å²) in [7, 11) is 0. The number of rotatable bonds is 5. The van der Waals surface area contributed by atoms with Crippen LogP contribution in [-0.4, -0.2) is 23.4 Å². The van der Waals surface area contributed by atoms with Crippen molar-refractivity contribution in [1.82, 2.24) is 0 Å². The predicted octanol–water partition coefficient (Wildman–Crippen LogP) is 1.97. The van der Waals surface area contributed by atoms with Crippen LogP contribution in [0.2, 0.25) is 0 Å². The number of hydrogen-bond donors (Lipinski definition) is 1. The molecule has 0 aliphatic carbocycles. The first-order valence-corrected chi connectivity index (χ1v) is 5.84. The summed E-state index contributed by atoms with van der Waals surface area (Å²) in [5.74, 6) is -0.693. The molecule has 0 unspecified atom stereocenters. The average Bonchev–Trinajstić information content (AvgIpc) is 2.27. The van der Waals surface area contributed by atoms with E-state index in [4.69, 9.17) is 9.84 Å². The molecule has 0 radical (unpaired) electrons. The zero-order valence-corrected chi connectivity index (χ0v) is 9.72. The molecule has 1 aromatic rings. The maximum atomic E-state index is 13.2. The van der Waals surface area contributed by atoms with Gasteiger partial charge in [0.15, 0.2) is 0 Å². The molecule has 16 heavy (non-hydrogen) atoms. The van der Waals surface area contributed by atoms with Gasteiger partial charge in [0.25, 0.3) is 0 Å². The fourth-order valence-electron chi connectivity index (χ4n) is 1.17. The zero-order chi connectivity index (χ0) is 12.0. The average molecular weight is 244 g/mol. The van der Waals surface area contributed by atoms with Crippen molar-refractivity contribution in [1.29, 1.82) is 0 Å². The molecule has 0 bridgehead atoms. The summed E-state index contributed by atoms with van der Waals surface area (Å²) < 4.78 is 18.0. The topological polar surface area (TPSA) is 46.5 Å². The van der Waals surface area contributed by atoms with Crippen LogP contribution < -0.4 is 0 Å². The molecule has 1 N–H and O–H groups in total. The molecule has 5 heteroatoms. The number of carbonyl (C=O) groups excluding carboxylic acids is 1. The van der Waals surface area contributed by atoms with Crippen LogP contribution in [0.4, 0.5) is 4.39 Å². The van der Waals surface area contributed by atoms with E-state index in [9.17, 15) is 9.18 Å². The molecule has 0 amide bonds. The molecule has 0 heterocycles. The summed E-state index contributed by atoms with van der Waals surface area (Å²) in [6.07, 6.45) is 0. The van der Waals surface area contributed by atoms with Gasteiger partial charge in [0.1, 0.15) is 5.82 Å². The minimum absolute atomic E-state index is 0.115. The van der Waals surface area contributed by atoms with Gasteiger partial charge in [-0.1, -0.05) is 6.07 Å². The van der Waals surface area contributed by atoms with Gasteiger partial charge in [0.05, 0.1) is 19.0 Å². The summed E-state index contributed by atoms with van der Waals surface area (Å²) in [5, 5.41) is 9.00. The highest BCUT2D eigenvalue weighted by atomic mass is 32.2. The number of thioether (sulfide) groups is 1. The number of aliphatic hydroxyl groups is 1. The number of aliphatic hydroxyl groups excluding tert-OH is 1. The molecule has 3 nitrogen and oxygen atoms in total. The van der Waals surface area contributed by atoms with E-state index in [2.05, 4.69) is 0 Å². The number of halogens is 1. The Morgan fingerprint density at radius 2 is 2.31 bits per heavy atom. The lowest BCUT2D eigenvalue weighted by Gasteiger charge is -2.07. The van der Waals surface area contributed by atoms with Crippen LogP contribution in [0.15, 0.2) is 23.1 Å². The third-order valence-electron chi connectivity index (χ3n) is 1.88. The molecule has 0 saturated carbocycles. The van der Waals surface area contributed by atoms with Crippen molar-refractivity contribution < 1.29 is 19.0 Å². The largest absolute Gasteiger partial charge is 0.465 e. The van der Waals surface area contributed by atoms with Crippen molar-refractivity contribution in [3.8, 4) is 0 Å². The summed E-state index contributed by atoms with van der Waals surface area (Å²) >= 11 is 1.16. The van der Waals surface area contributed by atoms with Crippen molar-refractivity contribution in [2.75, 3.05) is 12.4 Å². The molecule has 0 aromatic heterocycles. The van der Waals surface area contributed by atoms with Crippen LogP contribution >= 0.6 is 11.8 Å². The van der Waals surface area contributed by atoms with Gasteiger partial charge in [-0.05, 0) is 19.1 Å². The standard InChI is InChI=1S/C11H13FO3S/c1-2-15-11(14)7-16-10-5-3-4-9(12)8(10)6-13/h3-5,13H,2,6-7H2,1H3. The van der Waals surface area contributed by atoms with Gasteiger partial charge in [0.2, 0.25) is 0 Å². The number of benzene rings is 1. The van der Waals surface area contributed by atoms with E-state index in [1.807, 2.05) is 0 Å². The van der Waals surface area contributed by atoms with E-state index in [-0.39, 0.29) is 23.9 Å². The fraction of sp³-hybridized carbons (Fsp3) is 0.364. The fourth-order valence-corrected chi connectivity index (χ4v) is 2.03. The second kappa shape index (κ2) is 6.50. The van der Waals surface area contributed by atoms with Crippen molar-refractivity contribution in [3.05, 3.63) is 29.6 Å². The van der Waals surface area contributed by atoms with Gasteiger partial charge in [-0.25, -0.2) is 4.39 Å². The molecule has 0 spiro atoms. The Labute approximate surface area is 97.6 Å². The lowest BCUT2D eigenvalue weighted by molar-refractivity contribution is -0.139. The van der Waals surface area contributed by atoms with Crippen molar-refractivity contribution in [2.24, 2.45) is 0 Å². The Bertz CT molecular complexity index is 368. The third kappa shape index (κ3) is 3.50. The van der Waals surface area contributed by atoms with E-state index < -0.39 is 5.82 Å². The Hall–Kier alpha value is -1.07. The maximum Gasteiger partial charge on any atom is 0.316 e. The number of ether oxygens (including phenoxy) is 1. The van der Waals surface area contributed by atoms with Crippen LogP contribution in [-0.2, 0) is 16.1 Å². The van der Waals surface area contributed by atoms with Gasteiger partial charge in [-0.3, -0.25) is 4.79 Å². The number of esters is 1. The smallest absolute Gasteiger partial charge is 0.316 e. The Balaban J connectivity index is 2.66. The first-order chi connectivity index (χ1) is 7.69. The molecular weight excluding hydrogens is 231 g/mol. The molecule has 0 fully saturated rings. The SMILES string of the molecule is CCOC(=O)CSc1cccc(F)c1CO. The van der Waals surface area contributed by atoms with Crippen LogP contribution in [0.5, 0.6) is 0 Å². The van der Waals surface area contributed by atoms with Crippen molar-refractivity contribution in [2.45, 2.75) is 18.4 Å². The molecule has 1 aromatic carbocycles. The summed E-state index contributed by atoms with van der Waals surface area (Å²) in [6, 6.07) is 4.49. The Morgan fingerprint density at radius 3 is 2.94 bits per heavy atom. The minimum Gasteiger partial charge on any atom is -0.465 e. The van der Waals surface area contributed by atoms with Gasteiger partial charge >= 0.3 is 5.97 Å². The van der Waals surface area contributed by atoms with Crippen LogP contribution in [0.25, 0.3) is 0 Å². The van der Waals surface area contributed by atoms with E-state index >= 15 is 0 Å². The number of hydrogen-bond acceptors (Lipinski definition) is 4. The lowest BCUT2D eigenvalue weighted by atomic mass is 10.2. The van der Waals surface area contributed by atoms with Crippen molar-refractivity contribution >= 4 is 17.7 Å². The monoisotopic (exact) mass is 244 g/mol. The zero-order valence-electron chi connectivity index (χ0n) is 8.90. The number of carbonyl (C=O) groups is 1. The first kappa shape index (κ1) is 13.0. The summed E-state index contributed by atoms with van der Waals surface area (Å²) in [5.41, 5.74) is 0.219. The summed E-state index contributed by atoms with van der Waals surface area (Å²) in [4.78, 5) is 11.7. The third-order valence-corrected chi connectivity index (χ3v) is 2.96. The summed E-state index contributed by atoms with van der Waals surface area (Å²) in [6.45, 7) is 1.68. The quantitative estimate of drug-likeness (QED) is 0.635. The lowest BCUT2D eigenvalue weighted by Crippen LogP contribution is -2.07. The van der Waals surface area contributed by atoms with Gasteiger partial charge < -0.3 is 9.84 Å². The minimum atomic E-state index is -0.462. The van der Waals surface area contributed by atoms with E-state index in [0.29, 0.717) is 11.5 Å². The van der Waals surface area contributed by atoms with Crippen LogP contribution in [0.3, 0.4) is 0 Å². The maximum absolute atomic E-state index is 13.2. The Morgan fingerprint density at radius 1 is 1.56 bits per heavy atom. The van der Waals surface area contributed by atoms with E-state index in [0.717, 1.165) is 11.8 Å². The van der Waals surface area contributed by atoms with Crippen LogP contribution in [0, 0.1) is 5.82 Å². The molecular formula is C11H13FO3S. The van der Waals surface area contributed by atoms with E-state index in [1.54, 1.807) is 19.1 Å². The van der Waals surface area contributed by atoms with Gasteiger partial charge in [0, 0.05) is 10.5 Å². The van der Waals surface area contributed by atoms with Crippen LogP contribution in [0.1, 0.15) is 12.5 Å². The molecule has 1 rings (SSSR count). The molecule has 0 atom stereocenters. The molecule has 0 aliphatic rings. The normalized spacial score (nSPS) is 10.2. The van der Waals surface area contributed by atoms with E-state index in [1.165, 1.54) is 6.07 Å². The first-order valence-electron chi connectivity index (χ1n) is 4.85. The van der Waals surface area contributed by atoms with Gasteiger partial charge in [-0.15, -0.1) is 11.8 Å². The second-order valence-electron chi connectivity index (χ2n) is 2.97. The molecule has 88 valence electrons.